The lowest BCUT2D eigenvalue weighted by atomic mass is 10.0. The van der Waals surface area contributed by atoms with Gasteiger partial charge in [0.15, 0.2) is 0 Å². The van der Waals surface area contributed by atoms with Crippen molar-refractivity contribution in [1.82, 2.24) is 16.0 Å². The van der Waals surface area contributed by atoms with Gasteiger partial charge in [-0.25, -0.2) is 4.79 Å². The molecule has 0 aliphatic heterocycles. The normalized spacial score (nSPS) is 13.4. The van der Waals surface area contributed by atoms with Gasteiger partial charge in [-0.05, 0) is 18.9 Å². The molecule has 0 spiro atoms. The lowest BCUT2D eigenvalue weighted by molar-refractivity contribution is -0.143. The second-order valence-electron chi connectivity index (χ2n) is 6.65. The first kappa shape index (κ1) is 24.6. The van der Waals surface area contributed by atoms with E-state index in [2.05, 4.69) is 16.0 Å². The van der Waals surface area contributed by atoms with Crippen molar-refractivity contribution in [2.45, 2.75) is 44.3 Å². The van der Waals surface area contributed by atoms with Crippen LogP contribution < -0.4 is 21.7 Å². The minimum absolute atomic E-state index is 0.156. The molecular formula is C19H26N4O7. The topological polar surface area (TPSA) is 188 Å². The molecular weight excluding hydrogens is 396 g/mol. The predicted molar refractivity (Wildman–Crippen MR) is 105 cm³/mol. The molecule has 0 saturated heterocycles. The van der Waals surface area contributed by atoms with E-state index in [4.69, 9.17) is 15.9 Å². The fourth-order valence-electron chi connectivity index (χ4n) is 2.42. The van der Waals surface area contributed by atoms with Crippen LogP contribution in [0, 0.1) is 0 Å². The second kappa shape index (κ2) is 12.2. The van der Waals surface area contributed by atoms with Crippen LogP contribution >= 0.6 is 0 Å². The number of hydrogen-bond donors (Lipinski definition) is 6. The summed E-state index contributed by atoms with van der Waals surface area (Å²) in [6.45, 7) is 0.915. The first-order chi connectivity index (χ1) is 14.1. The van der Waals surface area contributed by atoms with Crippen LogP contribution in [-0.4, -0.2) is 64.5 Å². The number of carbonyl (C=O) groups excluding carboxylic acids is 3. The minimum Gasteiger partial charge on any atom is -0.481 e. The van der Waals surface area contributed by atoms with E-state index in [0.29, 0.717) is 0 Å². The zero-order chi connectivity index (χ0) is 22.7. The maximum absolute atomic E-state index is 12.5. The highest BCUT2D eigenvalue weighted by molar-refractivity contribution is 5.92. The summed E-state index contributed by atoms with van der Waals surface area (Å²) in [6.07, 6.45) is -0.583. The number of benzene rings is 1. The molecule has 0 bridgehead atoms. The van der Waals surface area contributed by atoms with Crippen molar-refractivity contribution in [1.29, 1.82) is 0 Å². The maximum atomic E-state index is 12.5. The van der Waals surface area contributed by atoms with E-state index in [-0.39, 0.29) is 12.8 Å². The maximum Gasteiger partial charge on any atom is 0.326 e. The molecule has 0 saturated carbocycles. The largest absolute Gasteiger partial charge is 0.481 e. The van der Waals surface area contributed by atoms with Crippen molar-refractivity contribution >= 4 is 29.7 Å². The predicted octanol–water partition coefficient (Wildman–Crippen LogP) is -1.39. The van der Waals surface area contributed by atoms with Crippen LogP contribution in [0.3, 0.4) is 0 Å². The Balaban J connectivity index is 2.70. The standard InChI is InChI=1S/C19H26N4O7/c1-11(20)17(27)23-14(9-12-5-3-2-4-6-12)18(28)21-10-15(24)22-13(19(29)30)7-8-16(25)26/h2-6,11,13-14H,7-10,20H2,1H3,(H,21,28)(H,22,24)(H,23,27)(H,25,26)(H,29,30). The third kappa shape index (κ3) is 9.15. The lowest BCUT2D eigenvalue weighted by Crippen LogP contribution is -2.53. The van der Waals surface area contributed by atoms with Crippen LogP contribution in [-0.2, 0) is 30.4 Å². The first-order valence-corrected chi connectivity index (χ1v) is 9.21. The molecule has 3 atom stereocenters. The lowest BCUT2D eigenvalue weighted by Gasteiger charge is -2.20. The molecule has 1 rings (SSSR count). The second-order valence-corrected chi connectivity index (χ2v) is 6.65. The molecule has 11 heteroatoms. The number of aliphatic carboxylic acids is 2. The van der Waals surface area contributed by atoms with Crippen molar-refractivity contribution < 1.29 is 34.2 Å². The van der Waals surface area contributed by atoms with E-state index in [1.165, 1.54) is 6.92 Å². The van der Waals surface area contributed by atoms with E-state index in [1.54, 1.807) is 30.3 Å². The number of carbonyl (C=O) groups is 5. The Morgan fingerprint density at radius 1 is 0.967 bits per heavy atom. The molecule has 1 aromatic rings. The molecule has 1 aromatic carbocycles. The summed E-state index contributed by atoms with van der Waals surface area (Å²) in [5, 5.41) is 24.7. The number of hydrogen-bond acceptors (Lipinski definition) is 6. The molecule has 3 amide bonds. The van der Waals surface area contributed by atoms with Gasteiger partial charge < -0.3 is 31.9 Å². The summed E-state index contributed by atoms with van der Waals surface area (Å²) in [6, 6.07) is 5.64. The monoisotopic (exact) mass is 422 g/mol. The van der Waals surface area contributed by atoms with E-state index < -0.39 is 60.8 Å². The summed E-state index contributed by atoms with van der Waals surface area (Å²) >= 11 is 0. The van der Waals surface area contributed by atoms with Gasteiger partial charge in [0.1, 0.15) is 12.1 Å². The van der Waals surface area contributed by atoms with Gasteiger partial charge in [0.25, 0.3) is 0 Å². The van der Waals surface area contributed by atoms with Crippen molar-refractivity contribution in [3.8, 4) is 0 Å². The molecule has 0 aliphatic rings. The van der Waals surface area contributed by atoms with Gasteiger partial charge in [0.05, 0.1) is 12.6 Å². The van der Waals surface area contributed by atoms with Crippen LogP contribution in [0.1, 0.15) is 25.3 Å². The number of rotatable bonds is 12. The van der Waals surface area contributed by atoms with Crippen molar-refractivity contribution in [3.05, 3.63) is 35.9 Å². The number of carboxylic acid groups (broad SMARTS) is 2. The van der Waals surface area contributed by atoms with Crippen LogP contribution in [0.4, 0.5) is 0 Å². The van der Waals surface area contributed by atoms with Gasteiger partial charge in [-0.3, -0.25) is 19.2 Å². The quantitative estimate of drug-likeness (QED) is 0.237. The highest BCUT2D eigenvalue weighted by Crippen LogP contribution is 2.04. The van der Waals surface area contributed by atoms with E-state index in [1.807, 2.05) is 0 Å². The zero-order valence-electron chi connectivity index (χ0n) is 16.5. The molecule has 0 aromatic heterocycles. The highest BCUT2D eigenvalue weighted by atomic mass is 16.4. The summed E-state index contributed by atoms with van der Waals surface area (Å²) in [5.74, 6) is -4.59. The molecule has 0 radical (unpaired) electrons. The zero-order valence-corrected chi connectivity index (χ0v) is 16.5. The van der Waals surface area contributed by atoms with Crippen molar-refractivity contribution in [3.63, 3.8) is 0 Å². The van der Waals surface area contributed by atoms with Crippen LogP contribution in [0.25, 0.3) is 0 Å². The van der Waals surface area contributed by atoms with Crippen LogP contribution in [0.5, 0.6) is 0 Å². The Bertz CT molecular complexity index is 767. The summed E-state index contributed by atoms with van der Waals surface area (Å²) in [5.41, 5.74) is 6.30. The van der Waals surface area contributed by atoms with Gasteiger partial charge >= 0.3 is 11.9 Å². The summed E-state index contributed by atoms with van der Waals surface area (Å²) < 4.78 is 0. The van der Waals surface area contributed by atoms with Crippen molar-refractivity contribution in [2.75, 3.05) is 6.54 Å². The third-order valence-corrected chi connectivity index (χ3v) is 4.03. The van der Waals surface area contributed by atoms with E-state index in [9.17, 15) is 24.0 Å². The number of carboxylic acids is 2. The average molecular weight is 422 g/mol. The van der Waals surface area contributed by atoms with Crippen LogP contribution in [0.15, 0.2) is 30.3 Å². The van der Waals surface area contributed by atoms with Crippen molar-refractivity contribution in [2.24, 2.45) is 5.73 Å². The number of nitrogens with two attached hydrogens (primary N) is 1. The number of nitrogens with one attached hydrogen (secondary N) is 3. The Labute approximate surface area is 173 Å². The Morgan fingerprint density at radius 3 is 2.13 bits per heavy atom. The van der Waals surface area contributed by atoms with Gasteiger partial charge in [-0.1, -0.05) is 30.3 Å². The van der Waals surface area contributed by atoms with Gasteiger partial charge in [0.2, 0.25) is 17.7 Å². The number of amides is 3. The fraction of sp³-hybridized carbons (Fsp3) is 0.421. The SMILES string of the molecule is CC(N)C(=O)NC(Cc1ccccc1)C(=O)NCC(=O)NC(CCC(=O)O)C(=O)O. The van der Waals surface area contributed by atoms with E-state index in [0.717, 1.165) is 5.56 Å². The molecule has 0 heterocycles. The molecule has 3 unspecified atom stereocenters. The Kier molecular flexibility index (Phi) is 9.97. The highest BCUT2D eigenvalue weighted by Gasteiger charge is 2.24. The Morgan fingerprint density at radius 2 is 1.60 bits per heavy atom. The minimum atomic E-state index is -1.40. The third-order valence-electron chi connectivity index (χ3n) is 4.03. The molecule has 7 N–H and O–H groups in total. The molecule has 0 aliphatic carbocycles. The smallest absolute Gasteiger partial charge is 0.326 e. The summed E-state index contributed by atoms with van der Waals surface area (Å²) in [4.78, 5) is 58.1. The van der Waals surface area contributed by atoms with Gasteiger partial charge in [-0.2, -0.15) is 0 Å². The molecule has 164 valence electrons. The average Bonchev–Trinajstić information content (AvgIpc) is 2.68. The van der Waals surface area contributed by atoms with Gasteiger partial charge in [-0.15, -0.1) is 0 Å². The van der Waals surface area contributed by atoms with Crippen LogP contribution in [0.2, 0.25) is 0 Å². The Hall–Kier alpha value is -3.47. The summed E-state index contributed by atoms with van der Waals surface area (Å²) in [7, 11) is 0. The first-order valence-electron chi connectivity index (χ1n) is 9.21. The van der Waals surface area contributed by atoms with E-state index >= 15 is 0 Å². The fourth-order valence-corrected chi connectivity index (χ4v) is 2.42. The molecule has 30 heavy (non-hydrogen) atoms. The molecule has 0 fully saturated rings. The van der Waals surface area contributed by atoms with Gasteiger partial charge in [0, 0.05) is 12.8 Å². The molecule has 11 nitrogen and oxygen atoms in total.